The van der Waals surface area contributed by atoms with E-state index >= 15 is 0 Å². The Labute approximate surface area is 172 Å². The number of para-hydroxylation sites is 1. The highest BCUT2D eigenvalue weighted by atomic mass is 16.5. The molecular formula is C24H19N3O3. The minimum Gasteiger partial charge on any atom is -0.491 e. The van der Waals surface area contributed by atoms with Gasteiger partial charge in [-0.2, -0.15) is 5.10 Å². The Kier molecular flexibility index (Phi) is 4.32. The van der Waals surface area contributed by atoms with E-state index in [0.717, 1.165) is 33.4 Å². The molecule has 3 aromatic heterocycles. The van der Waals surface area contributed by atoms with Crippen LogP contribution in [0.1, 0.15) is 13.8 Å². The molecule has 0 bridgehead atoms. The van der Waals surface area contributed by atoms with E-state index in [1.807, 2.05) is 68.7 Å². The second-order valence-corrected chi connectivity index (χ2v) is 7.34. The number of aromatic nitrogens is 3. The van der Waals surface area contributed by atoms with Gasteiger partial charge in [0.2, 0.25) is 0 Å². The molecule has 5 aromatic rings. The van der Waals surface area contributed by atoms with Gasteiger partial charge in [-0.3, -0.25) is 0 Å². The minimum atomic E-state index is -0.400. The van der Waals surface area contributed by atoms with Crippen molar-refractivity contribution in [2.75, 3.05) is 0 Å². The lowest BCUT2D eigenvalue weighted by atomic mass is 10.0. The van der Waals surface area contributed by atoms with Crippen molar-refractivity contribution in [1.82, 2.24) is 14.6 Å². The number of hydrogen-bond acceptors (Lipinski definition) is 5. The van der Waals surface area contributed by atoms with E-state index in [2.05, 4.69) is 10.1 Å². The van der Waals surface area contributed by atoms with E-state index in [-0.39, 0.29) is 6.10 Å². The first-order valence-electron chi connectivity index (χ1n) is 9.72. The van der Waals surface area contributed by atoms with E-state index < -0.39 is 5.63 Å². The quantitative estimate of drug-likeness (QED) is 0.401. The molecular weight excluding hydrogens is 378 g/mol. The van der Waals surface area contributed by atoms with Gasteiger partial charge in [0, 0.05) is 40.5 Å². The summed E-state index contributed by atoms with van der Waals surface area (Å²) in [6.07, 6.45) is 5.60. The fraction of sp³-hybridized carbons (Fsp3) is 0.125. The highest BCUT2D eigenvalue weighted by Crippen LogP contribution is 2.30. The Hall–Kier alpha value is -3.93. The predicted octanol–water partition coefficient (Wildman–Crippen LogP) is 4.96. The van der Waals surface area contributed by atoms with Gasteiger partial charge in [-0.25, -0.2) is 14.3 Å². The van der Waals surface area contributed by atoms with Gasteiger partial charge in [0.05, 0.1) is 12.3 Å². The number of ether oxygens (including phenoxy) is 1. The zero-order valence-electron chi connectivity index (χ0n) is 16.6. The Morgan fingerprint density at radius 2 is 1.77 bits per heavy atom. The molecule has 148 valence electrons. The zero-order valence-corrected chi connectivity index (χ0v) is 16.6. The molecule has 0 aliphatic heterocycles. The summed E-state index contributed by atoms with van der Waals surface area (Å²) in [6, 6.07) is 16.8. The summed E-state index contributed by atoms with van der Waals surface area (Å²) >= 11 is 0. The van der Waals surface area contributed by atoms with Crippen LogP contribution in [0.3, 0.4) is 0 Å². The molecule has 6 heteroatoms. The second-order valence-electron chi connectivity index (χ2n) is 7.34. The normalized spacial score (nSPS) is 11.4. The molecule has 0 saturated heterocycles. The zero-order chi connectivity index (χ0) is 20.7. The van der Waals surface area contributed by atoms with Crippen LogP contribution in [-0.4, -0.2) is 20.7 Å². The number of fused-ring (bicyclic) bond motifs is 2. The Morgan fingerprint density at radius 1 is 0.967 bits per heavy atom. The van der Waals surface area contributed by atoms with Crippen LogP contribution < -0.4 is 10.4 Å². The topological polar surface area (TPSA) is 69.6 Å². The summed E-state index contributed by atoms with van der Waals surface area (Å²) in [5.41, 5.74) is 4.31. The van der Waals surface area contributed by atoms with E-state index in [1.54, 1.807) is 16.8 Å². The summed E-state index contributed by atoms with van der Waals surface area (Å²) < 4.78 is 12.7. The van der Waals surface area contributed by atoms with Crippen molar-refractivity contribution < 1.29 is 9.15 Å². The molecule has 0 spiro atoms. The third-order valence-electron chi connectivity index (χ3n) is 4.86. The lowest BCUT2D eigenvalue weighted by molar-refractivity contribution is 0.242. The van der Waals surface area contributed by atoms with Gasteiger partial charge in [-0.15, -0.1) is 0 Å². The maximum Gasteiger partial charge on any atom is 0.336 e. The first-order chi connectivity index (χ1) is 14.6. The largest absolute Gasteiger partial charge is 0.491 e. The fourth-order valence-electron chi connectivity index (χ4n) is 3.55. The maximum atomic E-state index is 12.0. The van der Waals surface area contributed by atoms with Gasteiger partial charge < -0.3 is 9.15 Å². The summed E-state index contributed by atoms with van der Waals surface area (Å²) in [4.78, 5) is 16.7. The summed E-state index contributed by atoms with van der Waals surface area (Å²) in [5, 5.41) is 5.32. The lowest BCUT2D eigenvalue weighted by Gasteiger charge is -2.10. The van der Waals surface area contributed by atoms with Gasteiger partial charge in [0.15, 0.2) is 5.65 Å². The Balaban J connectivity index is 1.58. The molecule has 0 unspecified atom stereocenters. The molecule has 5 rings (SSSR count). The third kappa shape index (κ3) is 3.22. The summed E-state index contributed by atoms with van der Waals surface area (Å²) in [6.45, 7) is 4.00. The fourth-order valence-corrected chi connectivity index (χ4v) is 3.55. The van der Waals surface area contributed by atoms with E-state index in [1.165, 1.54) is 6.07 Å². The van der Waals surface area contributed by atoms with Gasteiger partial charge in [-0.1, -0.05) is 30.3 Å². The van der Waals surface area contributed by atoms with Crippen LogP contribution in [0.15, 0.2) is 82.4 Å². The standard InChI is InChI=1S/C24H19N3O3/c1-15(2)29-18-9-7-16(8-10-18)17-12-25-24-21(13-26-27(24)14-17)20-11-23(28)30-22-6-4-3-5-19(20)22/h3-15H,1-2H3. The molecule has 2 aromatic carbocycles. The van der Waals surface area contributed by atoms with Crippen molar-refractivity contribution in [3.05, 3.63) is 83.6 Å². The molecule has 0 aliphatic carbocycles. The van der Waals surface area contributed by atoms with Crippen molar-refractivity contribution in [2.24, 2.45) is 0 Å². The smallest absolute Gasteiger partial charge is 0.336 e. The van der Waals surface area contributed by atoms with Crippen molar-refractivity contribution in [1.29, 1.82) is 0 Å². The molecule has 0 aliphatic rings. The van der Waals surface area contributed by atoms with Crippen molar-refractivity contribution in [2.45, 2.75) is 20.0 Å². The van der Waals surface area contributed by atoms with Crippen LogP contribution in [0.2, 0.25) is 0 Å². The Bertz CT molecular complexity index is 1420. The average Bonchev–Trinajstić information content (AvgIpc) is 3.16. The predicted molar refractivity (Wildman–Crippen MR) is 116 cm³/mol. The SMILES string of the molecule is CC(C)Oc1ccc(-c2cnc3c(-c4cc(=O)oc5ccccc45)cnn3c2)cc1. The third-order valence-corrected chi connectivity index (χ3v) is 4.86. The highest BCUT2D eigenvalue weighted by molar-refractivity contribution is 5.96. The molecule has 6 nitrogen and oxygen atoms in total. The molecule has 0 N–H and O–H groups in total. The van der Waals surface area contributed by atoms with Gasteiger partial charge in [0.1, 0.15) is 11.3 Å². The second kappa shape index (κ2) is 7.15. The molecule has 3 heterocycles. The van der Waals surface area contributed by atoms with Crippen LogP contribution in [0.25, 0.3) is 38.9 Å². The first-order valence-corrected chi connectivity index (χ1v) is 9.72. The average molecular weight is 397 g/mol. The van der Waals surface area contributed by atoms with Crippen molar-refractivity contribution in [3.8, 4) is 28.0 Å². The highest BCUT2D eigenvalue weighted by Gasteiger charge is 2.14. The first kappa shape index (κ1) is 18.1. The van der Waals surface area contributed by atoms with Gasteiger partial charge in [-0.05, 0) is 37.6 Å². The van der Waals surface area contributed by atoms with E-state index in [9.17, 15) is 4.79 Å². The number of benzene rings is 2. The van der Waals surface area contributed by atoms with Gasteiger partial charge in [0.25, 0.3) is 0 Å². The minimum absolute atomic E-state index is 0.132. The van der Waals surface area contributed by atoms with Crippen molar-refractivity contribution in [3.63, 3.8) is 0 Å². The van der Waals surface area contributed by atoms with Crippen LogP contribution in [-0.2, 0) is 0 Å². The van der Waals surface area contributed by atoms with Gasteiger partial charge >= 0.3 is 5.63 Å². The Morgan fingerprint density at radius 3 is 2.57 bits per heavy atom. The van der Waals surface area contributed by atoms with E-state index in [4.69, 9.17) is 9.15 Å². The molecule has 0 fully saturated rings. The van der Waals surface area contributed by atoms with Crippen LogP contribution in [0.4, 0.5) is 0 Å². The van der Waals surface area contributed by atoms with Crippen LogP contribution >= 0.6 is 0 Å². The maximum absolute atomic E-state index is 12.0. The van der Waals surface area contributed by atoms with E-state index in [0.29, 0.717) is 11.2 Å². The number of nitrogens with zero attached hydrogens (tertiary/aromatic N) is 3. The molecule has 0 saturated carbocycles. The summed E-state index contributed by atoms with van der Waals surface area (Å²) in [7, 11) is 0. The lowest BCUT2D eigenvalue weighted by Crippen LogP contribution is -2.05. The number of rotatable bonds is 4. The van der Waals surface area contributed by atoms with Crippen molar-refractivity contribution >= 4 is 16.6 Å². The molecule has 0 amide bonds. The molecule has 0 atom stereocenters. The molecule has 0 radical (unpaired) electrons. The van der Waals surface area contributed by atoms with Crippen LogP contribution in [0.5, 0.6) is 5.75 Å². The van der Waals surface area contributed by atoms with Crippen LogP contribution in [0, 0.1) is 0 Å². The number of hydrogen-bond donors (Lipinski definition) is 0. The molecule has 30 heavy (non-hydrogen) atoms. The monoisotopic (exact) mass is 397 g/mol. The summed E-state index contributed by atoms with van der Waals surface area (Å²) in [5.74, 6) is 0.832.